The van der Waals surface area contributed by atoms with Gasteiger partial charge in [-0.2, -0.15) is 0 Å². The minimum atomic E-state index is -0.249. The Morgan fingerprint density at radius 3 is 2.46 bits per heavy atom. The second kappa shape index (κ2) is 9.99. The summed E-state index contributed by atoms with van der Waals surface area (Å²) in [6.45, 7) is 1.67. The molecule has 0 radical (unpaired) electrons. The first-order valence-corrected chi connectivity index (χ1v) is 9.88. The van der Waals surface area contributed by atoms with E-state index in [0.29, 0.717) is 31.6 Å². The summed E-state index contributed by atoms with van der Waals surface area (Å²) < 4.78 is 5.41. The van der Waals surface area contributed by atoms with Crippen LogP contribution in [0, 0.1) is 0 Å². The number of carbonyl (C=O) groups excluding carboxylic acids is 1. The van der Waals surface area contributed by atoms with Crippen molar-refractivity contribution < 1.29 is 9.53 Å². The number of carbonyl (C=O) groups is 1. The number of ether oxygens (including phenoxy) is 1. The number of hydrogen-bond donors (Lipinski definition) is 2. The van der Waals surface area contributed by atoms with Gasteiger partial charge in [0.25, 0.3) is 0 Å². The van der Waals surface area contributed by atoms with Crippen LogP contribution in [-0.4, -0.2) is 41.8 Å². The highest BCUT2D eigenvalue weighted by molar-refractivity contribution is 6.28. The summed E-state index contributed by atoms with van der Waals surface area (Å²) in [7, 11) is 0. The van der Waals surface area contributed by atoms with Gasteiger partial charge in [-0.1, -0.05) is 30.3 Å². The minimum absolute atomic E-state index is 0.215. The number of anilines is 1. The van der Waals surface area contributed by atoms with Crippen LogP contribution in [0.3, 0.4) is 0 Å². The molecule has 1 heterocycles. The molecule has 0 aliphatic carbocycles. The van der Waals surface area contributed by atoms with Crippen LogP contribution in [0.1, 0.15) is 18.4 Å². The lowest BCUT2D eigenvalue weighted by Crippen LogP contribution is -2.42. The molecule has 1 aliphatic rings. The van der Waals surface area contributed by atoms with E-state index in [-0.39, 0.29) is 12.0 Å². The SMILES string of the molecule is NC(CCl)=Nc1ccc(NC2CCN(C(=O)OCc3ccccc3)CC2)cc1. The molecule has 28 heavy (non-hydrogen) atoms. The maximum Gasteiger partial charge on any atom is 0.410 e. The lowest BCUT2D eigenvalue weighted by molar-refractivity contribution is 0.0882. The molecule has 0 aromatic heterocycles. The third-order valence-corrected chi connectivity index (χ3v) is 4.88. The van der Waals surface area contributed by atoms with Gasteiger partial charge < -0.3 is 20.7 Å². The Balaban J connectivity index is 1.43. The third kappa shape index (κ3) is 5.89. The Hall–Kier alpha value is -2.73. The van der Waals surface area contributed by atoms with E-state index < -0.39 is 0 Å². The summed E-state index contributed by atoms with van der Waals surface area (Å²) in [4.78, 5) is 18.2. The molecule has 3 rings (SSSR count). The predicted molar refractivity (Wildman–Crippen MR) is 113 cm³/mol. The summed E-state index contributed by atoms with van der Waals surface area (Å²) in [6, 6.07) is 17.8. The van der Waals surface area contributed by atoms with Gasteiger partial charge in [0.2, 0.25) is 0 Å². The van der Waals surface area contributed by atoms with Crippen molar-refractivity contribution in [1.29, 1.82) is 0 Å². The Morgan fingerprint density at radius 1 is 1.14 bits per heavy atom. The molecule has 0 saturated carbocycles. The van der Waals surface area contributed by atoms with E-state index in [0.717, 1.165) is 29.8 Å². The normalized spacial score (nSPS) is 15.3. The summed E-state index contributed by atoms with van der Waals surface area (Å²) in [5.41, 5.74) is 8.44. The summed E-state index contributed by atoms with van der Waals surface area (Å²) >= 11 is 5.64. The smallest absolute Gasteiger partial charge is 0.410 e. The fourth-order valence-corrected chi connectivity index (χ4v) is 3.14. The van der Waals surface area contributed by atoms with Crippen molar-refractivity contribution in [2.45, 2.75) is 25.5 Å². The molecule has 148 valence electrons. The van der Waals surface area contributed by atoms with E-state index in [1.807, 2.05) is 54.6 Å². The maximum absolute atomic E-state index is 12.2. The van der Waals surface area contributed by atoms with Gasteiger partial charge in [0.05, 0.1) is 11.6 Å². The number of nitrogens with one attached hydrogen (secondary N) is 1. The molecule has 2 aromatic carbocycles. The van der Waals surface area contributed by atoms with Gasteiger partial charge in [-0.05, 0) is 42.7 Å². The van der Waals surface area contributed by atoms with Crippen molar-refractivity contribution in [3.05, 3.63) is 60.2 Å². The van der Waals surface area contributed by atoms with Crippen LogP contribution in [0.2, 0.25) is 0 Å². The van der Waals surface area contributed by atoms with Crippen molar-refractivity contribution in [2.75, 3.05) is 24.3 Å². The molecular formula is C21H25ClN4O2. The molecule has 0 bridgehead atoms. The van der Waals surface area contributed by atoms with Gasteiger partial charge in [-0.15, -0.1) is 11.6 Å². The van der Waals surface area contributed by atoms with Crippen LogP contribution in [0.4, 0.5) is 16.2 Å². The van der Waals surface area contributed by atoms with Crippen LogP contribution in [-0.2, 0) is 11.3 Å². The average molecular weight is 401 g/mol. The number of benzene rings is 2. The van der Waals surface area contributed by atoms with Crippen LogP contribution < -0.4 is 11.1 Å². The number of amidine groups is 1. The number of aliphatic imine (C=N–C) groups is 1. The zero-order valence-electron chi connectivity index (χ0n) is 15.7. The monoisotopic (exact) mass is 400 g/mol. The molecule has 0 unspecified atom stereocenters. The first-order valence-electron chi connectivity index (χ1n) is 9.35. The van der Waals surface area contributed by atoms with Gasteiger partial charge in [0, 0.05) is 24.8 Å². The van der Waals surface area contributed by atoms with Gasteiger partial charge in [0.1, 0.15) is 12.4 Å². The first kappa shape index (κ1) is 20.0. The molecule has 1 saturated heterocycles. The molecule has 1 amide bonds. The predicted octanol–water partition coefficient (Wildman–Crippen LogP) is 4.13. The highest BCUT2D eigenvalue weighted by atomic mass is 35.5. The van der Waals surface area contributed by atoms with Gasteiger partial charge in [-0.3, -0.25) is 0 Å². The highest BCUT2D eigenvalue weighted by Gasteiger charge is 2.23. The molecule has 3 N–H and O–H groups in total. The van der Waals surface area contributed by atoms with Crippen LogP contribution in [0.15, 0.2) is 59.6 Å². The van der Waals surface area contributed by atoms with Crippen LogP contribution >= 0.6 is 11.6 Å². The number of amides is 1. The number of nitrogens with zero attached hydrogens (tertiary/aromatic N) is 2. The molecule has 7 heteroatoms. The molecule has 0 spiro atoms. The number of hydrogen-bond acceptors (Lipinski definition) is 4. The van der Waals surface area contributed by atoms with Crippen molar-refractivity contribution in [3.63, 3.8) is 0 Å². The number of likely N-dealkylation sites (tertiary alicyclic amines) is 1. The Morgan fingerprint density at radius 2 is 1.82 bits per heavy atom. The minimum Gasteiger partial charge on any atom is -0.445 e. The number of nitrogens with two attached hydrogens (primary N) is 1. The fraction of sp³-hybridized carbons (Fsp3) is 0.333. The molecule has 6 nitrogen and oxygen atoms in total. The quantitative estimate of drug-likeness (QED) is 0.434. The van der Waals surface area contributed by atoms with E-state index in [9.17, 15) is 4.79 Å². The van der Waals surface area contributed by atoms with Crippen LogP contribution in [0.5, 0.6) is 0 Å². The Bertz CT molecular complexity index is 788. The summed E-state index contributed by atoms with van der Waals surface area (Å²) in [5, 5.41) is 3.51. The third-order valence-electron chi connectivity index (χ3n) is 4.61. The number of piperidine rings is 1. The number of rotatable bonds is 6. The standard InChI is InChI=1S/C21H25ClN4O2/c22-14-20(23)25-18-8-6-17(7-9-18)24-19-10-12-26(13-11-19)21(27)28-15-16-4-2-1-3-5-16/h1-9,19,24H,10-15H2,(H2,23,25). The van der Waals surface area contributed by atoms with E-state index in [2.05, 4.69) is 10.3 Å². The molecular weight excluding hydrogens is 376 g/mol. The summed E-state index contributed by atoms with van der Waals surface area (Å²) in [5.74, 6) is 0.612. The second-order valence-electron chi connectivity index (χ2n) is 6.73. The zero-order chi connectivity index (χ0) is 19.8. The lowest BCUT2D eigenvalue weighted by atomic mass is 10.0. The van der Waals surface area contributed by atoms with Gasteiger partial charge in [-0.25, -0.2) is 9.79 Å². The van der Waals surface area contributed by atoms with E-state index in [4.69, 9.17) is 22.1 Å². The first-order chi connectivity index (χ1) is 13.6. The highest BCUT2D eigenvalue weighted by Crippen LogP contribution is 2.20. The molecule has 2 aromatic rings. The zero-order valence-corrected chi connectivity index (χ0v) is 16.4. The van der Waals surface area contributed by atoms with Crippen molar-refractivity contribution in [2.24, 2.45) is 10.7 Å². The topological polar surface area (TPSA) is 80.0 Å². The largest absolute Gasteiger partial charge is 0.445 e. The number of halogens is 1. The molecule has 1 aliphatic heterocycles. The fourth-order valence-electron chi connectivity index (χ4n) is 3.08. The van der Waals surface area contributed by atoms with E-state index >= 15 is 0 Å². The van der Waals surface area contributed by atoms with Crippen molar-refractivity contribution in [1.82, 2.24) is 4.90 Å². The molecule has 1 fully saturated rings. The maximum atomic E-state index is 12.2. The number of alkyl halides is 1. The van der Waals surface area contributed by atoms with Crippen molar-refractivity contribution in [3.8, 4) is 0 Å². The average Bonchev–Trinajstić information content (AvgIpc) is 2.74. The second-order valence-corrected chi connectivity index (χ2v) is 7.00. The van der Waals surface area contributed by atoms with Crippen molar-refractivity contribution >= 4 is 34.9 Å². The Labute approximate surface area is 170 Å². The molecule has 0 atom stereocenters. The Kier molecular flexibility index (Phi) is 7.14. The van der Waals surface area contributed by atoms with Gasteiger partial charge >= 0.3 is 6.09 Å². The summed E-state index contributed by atoms with van der Waals surface area (Å²) in [6.07, 6.45) is 1.50. The van der Waals surface area contributed by atoms with Gasteiger partial charge in [0.15, 0.2) is 0 Å². The van der Waals surface area contributed by atoms with Crippen LogP contribution in [0.25, 0.3) is 0 Å². The lowest BCUT2D eigenvalue weighted by Gasteiger charge is -2.32. The van der Waals surface area contributed by atoms with E-state index in [1.165, 1.54) is 0 Å². The van der Waals surface area contributed by atoms with E-state index in [1.54, 1.807) is 4.90 Å².